The fourth-order valence-corrected chi connectivity index (χ4v) is 1.77. The molecule has 3 nitrogen and oxygen atoms in total. The highest BCUT2D eigenvalue weighted by Gasteiger charge is 2.44. The number of nitrogens with one attached hydrogen (secondary N) is 2. The Kier molecular flexibility index (Phi) is 3.18. The van der Waals surface area contributed by atoms with E-state index in [2.05, 4.69) is 31.5 Å². The molecule has 0 aliphatic carbocycles. The molecule has 0 spiro atoms. The van der Waals surface area contributed by atoms with Gasteiger partial charge in [0, 0.05) is 18.3 Å². The van der Waals surface area contributed by atoms with Gasteiger partial charge < -0.3 is 0 Å². The number of alkyl halides is 3. The zero-order valence-corrected chi connectivity index (χ0v) is 9.64. The lowest BCUT2D eigenvalue weighted by atomic mass is 10.2. The van der Waals surface area contributed by atoms with Crippen molar-refractivity contribution in [1.29, 1.82) is 0 Å². The van der Waals surface area contributed by atoms with Crippen molar-refractivity contribution >= 4 is 15.9 Å². The molecule has 1 aromatic heterocycles. The third kappa shape index (κ3) is 2.53. The Balaban J connectivity index is 2.06. The van der Waals surface area contributed by atoms with Gasteiger partial charge in [0.2, 0.25) is 0 Å². The van der Waals surface area contributed by atoms with Crippen molar-refractivity contribution in [2.45, 2.75) is 18.4 Å². The SMILES string of the molecule is FC(F)(F)C1CNC(c2ccc(Br)nc2)N1. The van der Waals surface area contributed by atoms with Gasteiger partial charge in [-0.1, -0.05) is 6.07 Å². The molecule has 0 aromatic carbocycles. The fraction of sp³-hybridized carbons (Fsp3) is 0.444. The summed E-state index contributed by atoms with van der Waals surface area (Å²) in [4.78, 5) is 3.97. The molecule has 88 valence electrons. The van der Waals surface area contributed by atoms with Crippen LogP contribution < -0.4 is 10.6 Å². The standard InChI is InChI=1S/C9H9BrF3N3/c10-7-2-1-5(3-14-7)8-15-4-6(16-8)9(11,12)13/h1-3,6,8,15-16H,4H2. The van der Waals surface area contributed by atoms with Crippen molar-refractivity contribution in [2.24, 2.45) is 0 Å². The molecule has 2 heterocycles. The third-order valence-corrected chi connectivity index (χ3v) is 2.84. The summed E-state index contributed by atoms with van der Waals surface area (Å²) < 4.78 is 37.8. The number of pyridine rings is 1. The molecule has 1 saturated heterocycles. The molecule has 16 heavy (non-hydrogen) atoms. The molecule has 1 fully saturated rings. The maximum absolute atomic E-state index is 12.4. The van der Waals surface area contributed by atoms with E-state index in [1.807, 2.05) is 0 Å². The average molecular weight is 296 g/mol. The molecule has 1 aliphatic rings. The first-order valence-electron chi connectivity index (χ1n) is 4.64. The van der Waals surface area contributed by atoms with E-state index < -0.39 is 18.4 Å². The predicted octanol–water partition coefficient (Wildman–Crippen LogP) is 1.97. The van der Waals surface area contributed by atoms with Crippen LogP contribution in [0.25, 0.3) is 0 Å². The first-order valence-corrected chi connectivity index (χ1v) is 5.44. The lowest BCUT2D eigenvalue weighted by Gasteiger charge is -2.15. The maximum Gasteiger partial charge on any atom is 0.405 e. The van der Waals surface area contributed by atoms with E-state index in [9.17, 15) is 13.2 Å². The van der Waals surface area contributed by atoms with Gasteiger partial charge in [0.1, 0.15) is 10.6 Å². The molecule has 0 amide bonds. The molecule has 1 aromatic rings. The number of rotatable bonds is 1. The van der Waals surface area contributed by atoms with E-state index >= 15 is 0 Å². The summed E-state index contributed by atoms with van der Waals surface area (Å²) in [6.07, 6.45) is -3.18. The third-order valence-electron chi connectivity index (χ3n) is 2.37. The molecule has 0 bridgehead atoms. The van der Waals surface area contributed by atoms with Crippen LogP contribution in [-0.2, 0) is 0 Å². The largest absolute Gasteiger partial charge is 0.405 e. The number of hydrogen-bond acceptors (Lipinski definition) is 3. The topological polar surface area (TPSA) is 37.0 Å². The maximum atomic E-state index is 12.4. The van der Waals surface area contributed by atoms with E-state index in [1.54, 1.807) is 12.1 Å². The minimum Gasteiger partial charge on any atom is -0.296 e. The van der Waals surface area contributed by atoms with Crippen LogP contribution in [0.5, 0.6) is 0 Å². The van der Waals surface area contributed by atoms with Gasteiger partial charge in [-0.05, 0) is 22.0 Å². The second-order valence-corrected chi connectivity index (χ2v) is 4.33. The van der Waals surface area contributed by atoms with E-state index in [4.69, 9.17) is 0 Å². The molecule has 0 saturated carbocycles. The minimum atomic E-state index is -4.22. The monoisotopic (exact) mass is 295 g/mol. The van der Waals surface area contributed by atoms with Crippen LogP contribution in [0.3, 0.4) is 0 Å². The van der Waals surface area contributed by atoms with Crippen LogP contribution in [0, 0.1) is 0 Å². The van der Waals surface area contributed by atoms with Crippen LogP contribution in [0.15, 0.2) is 22.9 Å². The quantitative estimate of drug-likeness (QED) is 0.778. The van der Waals surface area contributed by atoms with Gasteiger partial charge in [-0.3, -0.25) is 10.6 Å². The Bertz CT molecular complexity index is 365. The van der Waals surface area contributed by atoms with Crippen molar-refractivity contribution in [3.63, 3.8) is 0 Å². The Morgan fingerprint density at radius 1 is 1.38 bits per heavy atom. The van der Waals surface area contributed by atoms with Crippen molar-refractivity contribution in [3.05, 3.63) is 28.5 Å². The molecule has 1 aliphatic heterocycles. The zero-order valence-electron chi connectivity index (χ0n) is 8.05. The van der Waals surface area contributed by atoms with Crippen LogP contribution in [0.2, 0.25) is 0 Å². The number of halogens is 4. The molecule has 0 radical (unpaired) electrons. The summed E-state index contributed by atoms with van der Waals surface area (Å²) in [5.41, 5.74) is 0.690. The van der Waals surface area contributed by atoms with Crippen molar-refractivity contribution in [1.82, 2.24) is 15.6 Å². The molecule has 2 rings (SSSR count). The smallest absolute Gasteiger partial charge is 0.296 e. The predicted molar refractivity (Wildman–Crippen MR) is 55.7 cm³/mol. The average Bonchev–Trinajstić information content (AvgIpc) is 2.67. The number of aromatic nitrogens is 1. The van der Waals surface area contributed by atoms with E-state index in [0.29, 0.717) is 10.2 Å². The number of nitrogens with zero attached hydrogens (tertiary/aromatic N) is 1. The van der Waals surface area contributed by atoms with Gasteiger partial charge in [0.05, 0.1) is 6.17 Å². The summed E-state index contributed by atoms with van der Waals surface area (Å²) in [6.45, 7) is -0.121. The Hall–Kier alpha value is -0.660. The van der Waals surface area contributed by atoms with Gasteiger partial charge in [-0.2, -0.15) is 13.2 Å². The summed E-state index contributed by atoms with van der Waals surface area (Å²) in [5.74, 6) is 0. The zero-order chi connectivity index (χ0) is 11.8. The van der Waals surface area contributed by atoms with E-state index in [-0.39, 0.29) is 6.54 Å². The summed E-state index contributed by atoms with van der Waals surface area (Å²) >= 11 is 3.17. The summed E-state index contributed by atoms with van der Waals surface area (Å²) in [7, 11) is 0. The van der Waals surface area contributed by atoms with Crippen LogP contribution >= 0.6 is 15.9 Å². The molecule has 2 unspecified atom stereocenters. The molecule has 2 N–H and O–H groups in total. The molecular formula is C9H9BrF3N3. The van der Waals surface area contributed by atoms with Gasteiger partial charge in [0.25, 0.3) is 0 Å². The highest BCUT2D eigenvalue weighted by Crippen LogP contribution is 2.26. The van der Waals surface area contributed by atoms with Crippen molar-refractivity contribution in [3.8, 4) is 0 Å². The van der Waals surface area contributed by atoms with Gasteiger partial charge >= 0.3 is 6.18 Å². The van der Waals surface area contributed by atoms with E-state index in [1.165, 1.54) is 6.20 Å². The second kappa shape index (κ2) is 4.31. The second-order valence-electron chi connectivity index (χ2n) is 3.52. The summed E-state index contributed by atoms with van der Waals surface area (Å²) in [5, 5.41) is 5.24. The highest BCUT2D eigenvalue weighted by atomic mass is 79.9. The Labute approximate surface area is 98.6 Å². The normalized spacial score (nSPS) is 26.0. The van der Waals surface area contributed by atoms with E-state index in [0.717, 1.165) is 0 Å². The fourth-order valence-electron chi connectivity index (χ4n) is 1.54. The lowest BCUT2D eigenvalue weighted by Crippen LogP contribution is -2.39. The van der Waals surface area contributed by atoms with Crippen LogP contribution in [-0.4, -0.2) is 23.7 Å². The van der Waals surface area contributed by atoms with Crippen molar-refractivity contribution < 1.29 is 13.2 Å². The van der Waals surface area contributed by atoms with Gasteiger partial charge in [-0.15, -0.1) is 0 Å². The van der Waals surface area contributed by atoms with Crippen LogP contribution in [0.1, 0.15) is 11.7 Å². The number of hydrogen-bond donors (Lipinski definition) is 2. The summed E-state index contributed by atoms with van der Waals surface area (Å²) in [6, 6.07) is 1.92. The molecule has 2 atom stereocenters. The van der Waals surface area contributed by atoms with Gasteiger partial charge in [0.15, 0.2) is 0 Å². The first-order chi connectivity index (χ1) is 7.47. The highest BCUT2D eigenvalue weighted by molar-refractivity contribution is 9.10. The van der Waals surface area contributed by atoms with Crippen molar-refractivity contribution in [2.75, 3.05) is 6.54 Å². The molecular weight excluding hydrogens is 287 g/mol. The Morgan fingerprint density at radius 3 is 2.62 bits per heavy atom. The lowest BCUT2D eigenvalue weighted by molar-refractivity contribution is -0.149. The Morgan fingerprint density at radius 2 is 2.12 bits per heavy atom. The van der Waals surface area contributed by atoms with Gasteiger partial charge in [-0.25, -0.2) is 4.98 Å². The van der Waals surface area contributed by atoms with Crippen LogP contribution in [0.4, 0.5) is 13.2 Å². The minimum absolute atomic E-state index is 0.121. The first kappa shape index (κ1) is 11.8. The molecule has 7 heteroatoms.